The predicted molar refractivity (Wildman–Crippen MR) is 457 cm³/mol. The molecule has 21 rings (SSSR count). The number of aromatic hydroxyl groups is 2. The molecule has 12 aliphatic rings. The maximum absolute atomic E-state index is 14.1. The molecule has 4 aromatic heterocycles. The molecule has 7 amide bonds. The van der Waals surface area contributed by atoms with Gasteiger partial charge in [-0.1, -0.05) is 75.5 Å². The molecule has 9 aromatic rings. The van der Waals surface area contributed by atoms with E-state index in [0.29, 0.717) is 112 Å². The Morgan fingerprint density at radius 1 is 0.397 bits per heavy atom. The van der Waals surface area contributed by atoms with Crippen molar-refractivity contribution in [1.29, 1.82) is 0 Å². The molecule has 4 saturated carbocycles. The van der Waals surface area contributed by atoms with Crippen LogP contribution in [0.15, 0.2) is 141 Å². The maximum atomic E-state index is 14.1. The summed E-state index contributed by atoms with van der Waals surface area (Å²) in [5, 5.41) is 37.1. The van der Waals surface area contributed by atoms with Crippen molar-refractivity contribution in [3.05, 3.63) is 288 Å². The molecule has 8 bridgehead atoms. The third kappa shape index (κ3) is 17.6. The van der Waals surface area contributed by atoms with Crippen LogP contribution in [0.1, 0.15) is 203 Å². The van der Waals surface area contributed by atoms with Gasteiger partial charge in [0, 0.05) is 150 Å². The van der Waals surface area contributed by atoms with E-state index in [1.807, 2.05) is 70.5 Å². The number of hydrogen-bond acceptors (Lipinski definition) is 17. The van der Waals surface area contributed by atoms with Gasteiger partial charge < -0.3 is 78.6 Å². The lowest BCUT2D eigenvalue weighted by molar-refractivity contribution is -0.156. The summed E-state index contributed by atoms with van der Waals surface area (Å²) in [5.74, 6) is -16.2. The average Bonchev–Trinajstić information content (AvgIpc) is 1.56. The molecule has 12 heterocycles. The molecule has 5 aromatic carbocycles. The molecule has 4 spiro atoms. The quantitative estimate of drug-likeness (QED) is 0.0386. The Balaban J connectivity index is 0.000000135. The number of fused-ring (bicyclic) bond motifs is 8. The van der Waals surface area contributed by atoms with Crippen molar-refractivity contribution >= 4 is 53.6 Å². The summed E-state index contributed by atoms with van der Waals surface area (Å²) >= 11 is 0. The van der Waals surface area contributed by atoms with Crippen molar-refractivity contribution in [1.82, 2.24) is 53.8 Å². The number of carbonyl (C=O) groups excluding carboxylic acids is 8. The fourth-order valence-corrected chi connectivity index (χ4v) is 21.5. The molecule has 136 heavy (non-hydrogen) atoms. The van der Waals surface area contributed by atoms with E-state index < -0.39 is 181 Å². The lowest BCUT2D eigenvalue weighted by atomic mass is 9.93. The fraction of sp³-hybridized carbons (Fsp3) is 0.379. The van der Waals surface area contributed by atoms with Crippen LogP contribution >= 0.6 is 0 Å². The summed E-state index contributed by atoms with van der Waals surface area (Å²) in [6, 6.07) is 21.3. The van der Waals surface area contributed by atoms with E-state index in [2.05, 4.69) is 16.0 Å². The number of benzene rings is 5. The van der Waals surface area contributed by atoms with Crippen molar-refractivity contribution in [2.45, 2.75) is 179 Å². The molecular weight excluding hydrogens is 1810 g/mol. The van der Waals surface area contributed by atoms with Gasteiger partial charge in [-0.05, 0) is 112 Å². The van der Waals surface area contributed by atoms with Gasteiger partial charge in [-0.2, -0.15) is 13.2 Å². The predicted octanol–water partition coefficient (Wildman–Crippen LogP) is 11.8. The Kier molecular flexibility index (Phi) is 26.1. The number of aromatic nitrogens is 4. The summed E-state index contributed by atoms with van der Waals surface area (Å²) < 4.78 is 172. The number of hydrogen-bond donors (Lipinski definition) is 6. The maximum Gasteiger partial charge on any atom is 0.446 e. The number of amides is 7. The fourth-order valence-electron chi connectivity index (χ4n) is 21.5. The second-order valence-corrected chi connectivity index (χ2v) is 35.8. The minimum absolute atomic E-state index is 0. The van der Waals surface area contributed by atoms with Gasteiger partial charge in [-0.25, -0.2) is 44.3 Å². The molecule has 4 aliphatic carbocycles. The molecule has 8 fully saturated rings. The zero-order valence-electron chi connectivity index (χ0n) is 70.7. The standard InChI is InChI=1S/C28H24F3N3O4.2C21H18F3N3O4.C21H20N2O5.C2HF3O.2CH4/c29-18-8-21(30)19(22(31)9-18)11-32-26(36)20-13-33-15-28-7-6-17(10-28)12-34(28)27(37)23(33)25(24(20)35)38-14-16-4-2-1-3-5-16;2*22-11-3-14(23)12(15(24)4-11)6-25-19(30)13-8-26-9-21-2-1-10(5-21)7-27(21)20(31)16(26)18(29)17(13)28;24-17-15(20(26)27)10-22-12-21-7-6-14(8-21)9-23(21)19(25)16(22)18(17)28-11-13-4-2-1-3-5-13;3-2(4,5)1-6;;/h1-5,8-9,13,17H,6-7,10-12,14-15H2,(H,32,36);2*3-4,8,10,29H,1-2,5-7,9H2,(H,25,30);1-5,10,14H,6-9,11-12H2,(H,26,27);1H;2*1H4/t17-,28+;2*10-,21+;14-,21+;;;/m1111.../s1. The Bertz CT molecular complexity index is 6460. The normalized spacial score (nSPS) is 22.3. The van der Waals surface area contributed by atoms with Crippen molar-refractivity contribution in [3.8, 4) is 23.0 Å². The molecule has 4 saturated heterocycles. The van der Waals surface area contributed by atoms with Crippen LogP contribution in [0.5, 0.6) is 23.0 Å². The first-order valence-electron chi connectivity index (χ1n) is 42.8. The Morgan fingerprint density at radius 3 is 0.912 bits per heavy atom. The van der Waals surface area contributed by atoms with E-state index in [-0.39, 0.29) is 107 Å². The number of carboxylic acid groups (broad SMARTS) is 1. The number of carbonyl (C=O) groups is 9. The highest BCUT2D eigenvalue weighted by Gasteiger charge is 2.61. The minimum Gasteiger partial charge on any atom is -0.503 e. The highest BCUT2D eigenvalue weighted by Crippen LogP contribution is 2.55. The number of ether oxygens (including phenoxy) is 2. The number of carboxylic acids is 1. The van der Waals surface area contributed by atoms with E-state index in [4.69, 9.17) is 14.3 Å². The second-order valence-electron chi connectivity index (χ2n) is 35.8. The van der Waals surface area contributed by atoms with Crippen LogP contribution < -0.4 is 47.1 Å². The smallest absolute Gasteiger partial charge is 0.446 e. The molecule has 0 unspecified atom stereocenters. The molecule has 6 N–H and O–H groups in total. The van der Waals surface area contributed by atoms with Crippen LogP contribution in [0.4, 0.5) is 52.7 Å². The molecule has 41 heteroatoms. The zero-order valence-corrected chi connectivity index (χ0v) is 70.7. The van der Waals surface area contributed by atoms with Gasteiger partial charge in [0.2, 0.25) is 28.0 Å². The second kappa shape index (κ2) is 36.8. The monoisotopic (exact) mass is 1900 g/mol. The van der Waals surface area contributed by atoms with E-state index in [9.17, 15) is 126 Å². The van der Waals surface area contributed by atoms with Crippen molar-refractivity contribution in [2.24, 2.45) is 23.7 Å². The van der Waals surface area contributed by atoms with E-state index in [1.54, 1.807) is 18.9 Å². The van der Waals surface area contributed by atoms with Crippen LogP contribution in [0.25, 0.3) is 0 Å². The van der Waals surface area contributed by atoms with Gasteiger partial charge in [0.05, 0.1) is 22.2 Å². The number of piperidine rings is 4. The molecule has 8 atom stereocenters. The first-order valence-corrected chi connectivity index (χ1v) is 42.8. The number of aromatic carboxylic acids is 1. The third-order valence-corrected chi connectivity index (χ3v) is 27.6. The van der Waals surface area contributed by atoms with Crippen LogP contribution in [0.3, 0.4) is 0 Å². The number of aldehydes is 1. The number of halogens is 12. The highest BCUT2D eigenvalue weighted by atomic mass is 19.4. The zero-order chi connectivity index (χ0) is 95.4. The van der Waals surface area contributed by atoms with Gasteiger partial charge in [0.15, 0.2) is 45.8 Å². The van der Waals surface area contributed by atoms with Gasteiger partial charge in [-0.15, -0.1) is 0 Å². The minimum atomic E-state index is -4.64. The third-order valence-electron chi connectivity index (χ3n) is 27.6. The van der Waals surface area contributed by atoms with Crippen LogP contribution in [-0.2, 0) is 63.8 Å². The number of nitrogens with zero attached hydrogens (tertiary/aromatic N) is 8. The van der Waals surface area contributed by atoms with Crippen molar-refractivity contribution in [2.75, 3.05) is 26.2 Å². The molecule has 0 radical (unpaired) electrons. The lowest BCUT2D eigenvalue weighted by Gasteiger charge is -2.44. The van der Waals surface area contributed by atoms with Crippen LogP contribution in [0.2, 0.25) is 0 Å². The topological polar surface area (TPSA) is 370 Å². The largest absolute Gasteiger partial charge is 0.503 e. The Hall–Kier alpha value is -14.3. The van der Waals surface area contributed by atoms with Gasteiger partial charge in [0.25, 0.3) is 41.4 Å². The van der Waals surface area contributed by atoms with Crippen LogP contribution in [-0.4, -0.2) is 161 Å². The van der Waals surface area contributed by atoms with Gasteiger partial charge in [0.1, 0.15) is 87.8 Å². The Morgan fingerprint density at radius 2 is 0.647 bits per heavy atom. The number of pyridine rings is 4. The summed E-state index contributed by atoms with van der Waals surface area (Å²) in [6.45, 7) is 2.35. The molecule has 29 nitrogen and oxygen atoms in total. The van der Waals surface area contributed by atoms with Gasteiger partial charge in [-0.3, -0.25) is 57.5 Å². The van der Waals surface area contributed by atoms with E-state index >= 15 is 0 Å². The van der Waals surface area contributed by atoms with Gasteiger partial charge >= 0.3 is 12.1 Å². The van der Waals surface area contributed by atoms with Crippen molar-refractivity contribution < 1.29 is 121 Å². The molecule has 8 aliphatic heterocycles. The summed E-state index contributed by atoms with van der Waals surface area (Å²) in [5.41, 5.74) is -6.71. The SMILES string of the molecule is C.C.O=C(NCc1c(F)cc(F)cc1F)c1cn2c(c(O)c1=O)C(=O)N1C[C@@H]3CC[C@]1(C3)C2.O=C(NCc1c(F)cc(F)cc1F)c1cn2c(c(O)c1=O)C(=O)N1C[C@@H]3CC[C@]1(C3)C2.O=C(NCc1c(F)cc(F)cc1F)c1cn2c(c(OCc3ccccc3)c1=O)C(=O)N1C[C@@H]3CC[C@]1(C3)C2.O=C(O)c1cn2c(c(OCc3ccccc3)c1=O)C(=O)N1C[C@@H]3CC[C@]1(C3)C2.O=CC(F)(F)F. The highest BCUT2D eigenvalue weighted by molar-refractivity contribution is 6.03. The van der Waals surface area contributed by atoms with Crippen LogP contribution in [0, 0.1) is 76.0 Å². The van der Waals surface area contributed by atoms with E-state index in [1.165, 1.54) is 33.9 Å². The van der Waals surface area contributed by atoms with Crippen molar-refractivity contribution in [3.63, 3.8) is 0 Å². The summed E-state index contributed by atoms with van der Waals surface area (Å²) in [6.07, 6.45) is 10.3. The summed E-state index contributed by atoms with van der Waals surface area (Å²) in [7, 11) is 0. The molecular formula is C95H89F12N11O18. The molecule has 716 valence electrons. The number of alkyl halides is 3. The number of nitrogens with one attached hydrogen (secondary N) is 3. The van der Waals surface area contributed by atoms with E-state index in [0.717, 1.165) is 88.2 Å². The number of rotatable bonds is 16. The lowest BCUT2D eigenvalue weighted by Crippen LogP contribution is -2.56. The summed E-state index contributed by atoms with van der Waals surface area (Å²) in [4.78, 5) is 170. The first-order chi connectivity index (χ1) is 63.7. The average molecular weight is 1900 g/mol. The first kappa shape index (κ1) is 96.3. The Labute approximate surface area is 764 Å².